The number of hydrogen-bond donors (Lipinski definition) is 1. The molecule has 1 aromatic heterocycles. The number of carbonyl (C=O) groups is 1. The first-order valence-electron chi connectivity index (χ1n) is 5.93. The third kappa shape index (κ3) is 2.90. The number of ether oxygens (including phenoxy) is 1. The minimum atomic E-state index is -0.953. The molecule has 0 aliphatic heterocycles. The number of methoxy groups -OCH3 is 1. The molecule has 2 rings (SSSR count). The number of carboxylic acid groups (broad SMARTS) is 1. The van der Waals surface area contributed by atoms with Crippen molar-refractivity contribution < 1.29 is 14.6 Å². The molecule has 0 saturated carbocycles. The molecule has 1 N–H and O–H groups in total. The summed E-state index contributed by atoms with van der Waals surface area (Å²) in [6, 6.07) is 5.85. The molecule has 0 saturated heterocycles. The number of carboxylic acids is 1. The van der Waals surface area contributed by atoms with Crippen molar-refractivity contribution in [2.45, 2.75) is 19.9 Å². The van der Waals surface area contributed by atoms with Crippen LogP contribution in [0, 0.1) is 0 Å². The van der Waals surface area contributed by atoms with E-state index in [2.05, 4.69) is 17.2 Å². The van der Waals surface area contributed by atoms with E-state index in [0.717, 1.165) is 17.5 Å². The molecule has 0 atom stereocenters. The fraction of sp³-hybridized carbons (Fsp3) is 0.308. The first kappa shape index (κ1) is 13.1. The summed E-state index contributed by atoms with van der Waals surface area (Å²) < 4.78 is 6.58. The summed E-state index contributed by atoms with van der Waals surface area (Å²) in [5, 5.41) is 16.5. The Balaban J connectivity index is 2.39. The number of aliphatic carboxylic acids is 1. The van der Waals surface area contributed by atoms with Crippen LogP contribution in [0.4, 0.5) is 0 Å². The summed E-state index contributed by atoms with van der Waals surface area (Å²) in [7, 11) is 1.59. The quantitative estimate of drug-likeness (QED) is 0.884. The van der Waals surface area contributed by atoms with Gasteiger partial charge < -0.3 is 9.84 Å². The summed E-state index contributed by atoms with van der Waals surface area (Å²) in [5.74, 6) is -0.259. The van der Waals surface area contributed by atoms with Gasteiger partial charge in [-0.25, -0.2) is 4.68 Å². The average Bonchev–Trinajstić information content (AvgIpc) is 2.85. The molecule has 0 unspecified atom stereocenters. The molecule has 6 nitrogen and oxygen atoms in total. The maximum atomic E-state index is 10.6. The van der Waals surface area contributed by atoms with Gasteiger partial charge in [-0.05, 0) is 24.1 Å². The molecule has 0 amide bonds. The van der Waals surface area contributed by atoms with Gasteiger partial charge >= 0.3 is 5.97 Å². The van der Waals surface area contributed by atoms with Gasteiger partial charge in [0.05, 0.1) is 13.3 Å². The Morgan fingerprint density at radius 1 is 1.47 bits per heavy atom. The lowest BCUT2D eigenvalue weighted by atomic mass is 10.1. The Hall–Kier alpha value is -2.37. The Morgan fingerprint density at radius 2 is 2.26 bits per heavy atom. The van der Waals surface area contributed by atoms with Gasteiger partial charge in [0.25, 0.3) is 0 Å². The highest BCUT2D eigenvalue weighted by Gasteiger charge is 2.11. The molecule has 0 bridgehead atoms. The molecule has 19 heavy (non-hydrogen) atoms. The lowest BCUT2D eigenvalue weighted by Gasteiger charge is -2.07. The van der Waals surface area contributed by atoms with Crippen LogP contribution in [0.3, 0.4) is 0 Å². The molecule has 0 aliphatic rings. The Labute approximate surface area is 110 Å². The van der Waals surface area contributed by atoms with Crippen LogP contribution in [-0.2, 0) is 17.8 Å². The fourth-order valence-electron chi connectivity index (χ4n) is 1.81. The largest absolute Gasteiger partial charge is 0.496 e. The molecule has 1 aromatic carbocycles. The number of nitrogens with zero attached hydrogens (tertiary/aromatic N) is 3. The second kappa shape index (κ2) is 5.51. The Bertz CT molecular complexity index is 593. The van der Waals surface area contributed by atoms with Gasteiger partial charge in [-0.2, -0.15) is 0 Å². The van der Waals surface area contributed by atoms with Crippen molar-refractivity contribution in [2.24, 2.45) is 0 Å². The molecule has 0 radical (unpaired) electrons. The Morgan fingerprint density at radius 3 is 2.89 bits per heavy atom. The molecule has 1 heterocycles. The summed E-state index contributed by atoms with van der Waals surface area (Å²) in [4.78, 5) is 10.6. The van der Waals surface area contributed by atoms with Crippen molar-refractivity contribution in [1.29, 1.82) is 0 Å². The van der Waals surface area contributed by atoms with Crippen LogP contribution in [0.15, 0.2) is 24.4 Å². The van der Waals surface area contributed by atoms with E-state index in [1.165, 1.54) is 4.68 Å². The van der Waals surface area contributed by atoms with Crippen molar-refractivity contribution in [3.8, 4) is 17.0 Å². The van der Waals surface area contributed by atoms with Crippen molar-refractivity contribution >= 4 is 5.97 Å². The number of benzene rings is 1. The predicted octanol–water partition coefficient (Wildman–Crippen LogP) is 1.60. The van der Waals surface area contributed by atoms with Gasteiger partial charge in [0.1, 0.15) is 18.0 Å². The molecule has 100 valence electrons. The molecule has 2 aromatic rings. The van der Waals surface area contributed by atoms with E-state index in [4.69, 9.17) is 9.84 Å². The van der Waals surface area contributed by atoms with Crippen LogP contribution in [0.25, 0.3) is 11.3 Å². The molecule has 0 fully saturated rings. The van der Waals surface area contributed by atoms with Crippen molar-refractivity contribution in [2.75, 3.05) is 7.11 Å². The fourth-order valence-corrected chi connectivity index (χ4v) is 1.81. The van der Waals surface area contributed by atoms with E-state index in [1.54, 1.807) is 13.3 Å². The minimum absolute atomic E-state index is 0.206. The van der Waals surface area contributed by atoms with Gasteiger partial charge in [-0.1, -0.05) is 18.2 Å². The van der Waals surface area contributed by atoms with Crippen LogP contribution in [0.1, 0.15) is 12.5 Å². The van der Waals surface area contributed by atoms with E-state index in [0.29, 0.717) is 11.4 Å². The van der Waals surface area contributed by atoms with Gasteiger partial charge in [0.15, 0.2) is 0 Å². The standard InChI is InChI=1S/C13H15N3O3/c1-3-9-4-5-12(19-2)10(6-9)11-7-16(15-14-11)8-13(17)18/h4-7H,3,8H2,1-2H3,(H,17,18). The second-order valence-electron chi connectivity index (χ2n) is 4.08. The van der Waals surface area contributed by atoms with Crippen molar-refractivity contribution in [3.63, 3.8) is 0 Å². The molecule has 0 spiro atoms. The molecule has 0 aliphatic carbocycles. The van der Waals surface area contributed by atoms with Gasteiger partial charge in [0, 0.05) is 5.56 Å². The summed E-state index contributed by atoms with van der Waals surface area (Å²) >= 11 is 0. The van der Waals surface area contributed by atoms with E-state index < -0.39 is 5.97 Å². The number of aryl methyl sites for hydroxylation is 1. The van der Waals surface area contributed by atoms with E-state index in [1.807, 2.05) is 18.2 Å². The number of rotatable bonds is 5. The maximum Gasteiger partial charge on any atom is 0.325 e. The van der Waals surface area contributed by atoms with Crippen LogP contribution >= 0.6 is 0 Å². The van der Waals surface area contributed by atoms with Crippen LogP contribution < -0.4 is 4.74 Å². The summed E-state index contributed by atoms with van der Waals surface area (Å²) in [5.41, 5.74) is 2.58. The minimum Gasteiger partial charge on any atom is -0.496 e. The topological polar surface area (TPSA) is 77.2 Å². The van der Waals surface area contributed by atoms with Crippen molar-refractivity contribution in [3.05, 3.63) is 30.0 Å². The number of hydrogen-bond acceptors (Lipinski definition) is 4. The maximum absolute atomic E-state index is 10.6. The highest BCUT2D eigenvalue weighted by Crippen LogP contribution is 2.29. The summed E-state index contributed by atoms with van der Waals surface area (Å²) in [6.07, 6.45) is 2.51. The zero-order chi connectivity index (χ0) is 13.8. The molecular weight excluding hydrogens is 246 g/mol. The third-order valence-electron chi connectivity index (χ3n) is 2.78. The summed E-state index contributed by atoms with van der Waals surface area (Å²) in [6.45, 7) is 1.86. The van der Waals surface area contributed by atoms with Gasteiger partial charge in [0.2, 0.25) is 0 Å². The highest BCUT2D eigenvalue weighted by molar-refractivity contribution is 5.69. The van der Waals surface area contributed by atoms with Crippen molar-refractivity contribution in [1.82, 2.24) is 15.0 Å². The smallest absolute Gasteiger partial charge is 0.325 e. The first-order chi connectivity index (χ1) is 9.13. The zero-order valence-corrected chi connectivity index (χ0v) is 10.8. The predicted molar refractivity (Wildman–Crippen MR) is 69.0 cm³/mol. The third-order valence-corrected chi connectivity index (χ3v) is 2.78. The monoisotopic (exact) mass is 261 g/mol. The van der Waals surface area contributed by atoms with E-state index >= 15 is 0 Å². The Kier molecular flexibility index (Phi) is 3.79. The van der Waals surface area contributed by atoms with Gasteiger partial charge in [-0.3, -0.25) is 4.79 Å². The van der Waals surface area contributed by atoms with Crippen LogP contribution in [-0.4, -0.2) is 33.2 Å². The lowest BCUT2D eigenvalue weighted by molar-refractivity contribution is -0.137. The van der Waals surface area contributed by atoms with Crippen LogP contribution in [0.5, 0.6) is 5.75 Å². The highest BCUT2D eigenvalue weighted by atomic mass is 16.5. The number of aromatic nitrogens is 3. The second-order valence-corrected chi connectivity index (χ2v) is 4.08. The van der Waals surface area contributed by atoms with Gasteiger partial charge in [-0.15, -0.1) is 5.10 Å². The average molecular weight is 261 g/mol. The normalized spacial score (nSPS) is 10.4. The van der Waals surface area contributed by atoms with E-state index in [9.17, 15) is 4.79 Å². The first-order valence-corrected chi connectivity index (χ1v) is 5.93. The zero-order valence-electron chi connectivity index (χ0n) is 10.8. The van der Waals surface area contributed by atoms with Crippen LogP contribution in [0.2, 0.25) is 0 Å². The molecular formula is C13H15N3O3. The SMILES string of the molecule is CCc1ccc(OC)c(-c2cn(CC(=O)O)nn2)c1. The van der Waals surface area contributed by atoms with E-state index in [-0.39, 0.29) is 6.54 Å². The lowest BCUT2D eigenvalue weighted by Crippen LogP contribution is -2.08. The molecule has 6 heteroatoms.